The van der Waals surface area contributed by atoms with Crippen LogP contribution in [0.2, 0.25) is 5.02 Å². The van der Waals surface area contributed by atoms with E-state index < -0.39 is 11.9 Å². The van der Waals surface area contributed by atoms with Crippen molar-refractivity contribution in [1.29, 1.82) is 0 Å². The summed E-state index contributed by atoms with van der Waals surface area (Å²) in [7, 11) is 3.19. The molecule has 1 unspecified atom stereocenters. The van der Waals surface area contributed by atoms with Crippen LogP contribution in [0.1, 0.15) is 6.42 Å². The Morgan fingerprint density at radius 2 is 2.23 bits per heavy atom. The molecule has 5 rings (SSSR count). The van der Waals surface area contributed by atoms with E-state index in [-0.39, 0.29) is 10.8 Å². The van der Waals surface area contributed by atoms with Crippen molar-refractivity contribution in [3.63, 3.8) is 0 Å². The number of aromatic nitrogens is 6. The molecule has 4 heterocycles. The number of aryl methyl sites for hydroxylation is 1. The van der Waals surface area contributed by atoms with Gasteiger partial charge in [-0.1, -0.05) is 11.6 Å². The first-order valence-electron chi connectivity index (χ1n) is 9.38. The second kappa shape index (κ2) is 6.99. The summed E-state index contributed by atoms with van der Waals surface area (Å²) in [6.07, 6.45) is 5.32. The number of aliphatic hydroxyl groups excluding tert-OH is 1. The van der Waals surface area contributed by atoms with Gasteiger partial charge >= 0.3 is 0 Å². The Balaban J connectivity index is 1.76. The van der Waals surface area contributed by atoms with Crippen LogP contribution in [0.25, 0.3) is 28.1 Å². The topological polar surface area (TPSA) is 97.0 Å². The van der Waals surface area contributed by atoms with Crippen LogP contribution in [0, 0.1) is 5.82 Å². The summed E-state index contributed by atoms with van der Waals surface area (Å²) in [5.74, 6) is 0.607. The van der Waals surface area contributed by atoms with Gasteiger partial charge in [0.1, 0.15) is 16.5 Å². The zero-order valence-corrected chi connectivity index (χ0v) is 17.1. The summed E-state index contributed by atoms with van der Waals surface area (Å²) in [4.78, 5) is 10.7. The molecule has 1 saturated heterocycles. The lowest BCUT2D eigenvalue weighted by Crippen LogP contribution is -2.22. The van der Waals surface area contributed by atoms with Crippen molar-refractivity contribution in [2.75, 3.05) is 25.1 Å². The first-order valence-corrected chi connectivity index (χ1v) is 9.75. The van der Waals surface area contributed by atoms with Crippen LogP contribution in [0.3, 0.4) is 0 Å². The van der Waals surface area contributed by atoms with Crippen molar-refractivity contribution in [1.82, 2.24) is 29.3 Å². The van der Waals surface area contributed by atoms with Gasteiger partial charge in [0, 0.05) is 37.9 Å². The smallest absolute Gasteiger partial charge is 0.245 e. The maximum Gasteiger partial charge on any atom is 0.245 e. The number of aliphatic hydroxyl groups is 1. The van der Waals surface area contributed by atoms with E-state index >= 15 is 4.39 Å². The van der Waals surface area contributed by atoms with Crippen LogP contribution in [0.5, 0.6) is 5.75 Å². The van der Waals surface area contributed by atoms with Gasteiger partial charge in [0.05, 0.1) is 30.7 Å². The van der Waals surface area contributed by atoms with Crippen LogP contribution < -0.4 is 9.64 Å². The molecule has 2 N–H and O–H groups in total. The third-order valence-corrected chi connectivity index (χ3v) is 5.78. The van der Waals surface area contributed by atoms with Crippen LogP contribution in [0.4, 0.5) is 10.3 Å². The molecule has 1 fully saturated rings. The molecule has 0 radical (unpaired) electrons. The Kier molecular flexibility index (Phi) is 4.40. The van der Waals surface area contributed by atoms with Crippen molar-refractivity contribution in [2.45, 2.75) is 12.5 Å². The Morgan fingerprint density at radius 1 is 1.40 bits per heavy atom. The van der Waals surface area contributed by atoms with Crippen LogP contribution in [-0.2, 0) is 7.05 Å². The van der Waals surface area contributed by atoms with Gasteiger partial charge < -0.3 is 23.9 Å². The van der Waals surface area contributed by atoms with E-state index in [1.165, 1.54) is 7.11 Å². The molecule has 156 valence electrons. The maximum atomic E-state index is 15.2. The molecule has 1 aliphatic rings. The number of rotatable bonds is 4. The minimum Gasteiger partial charge on any atom is -0.495 e. The summed E-state index contributed by atoms with van der Waals surface area (Å²) in [5, 5.41) is 17.6. The predicted octanol–water partition coefficient (Wildman–Crippen LogP) is 2.52. The van der Waals surface area contributed by atoms with E-state index in [1.807, 2.05) is 4.90 Å². The molecule has 1 aromatic carbocycles. The van der Waals surface area contributed by atoms with E-state index in [2.05, 4.69) is 20.2 Å². The second-order valence-corrected chi connectivity index (χ2v) is 7.58. The van der Waals surface area contributed by atoms with E-state index in [1.54, 1.807) is 41.0 Å². The molecule has 0 aliphatic carbocycles. The SMILES string of the molecule is COc1cc2c(-n3ccnc3)c(-c3nc(N4CCC(O)C4)n[nH]3)n(C)c2c(F)c1Cl. The Hall–Kier alpha value is -3.11. The zero-order valence-electron chi connectivity index (χ0n) is 16.3. The number of imidazole rings is 1. The van der Waals surface area contributed by atoms with Gasteiger partial charge in [-0.15, -0.1) is 5.10 Å². The van der Waals surface area contributed by atoms with Crippen LogP contribution in [-0.4, -0.2) is 60.7 Å². The van der Waals surface area contributed by atoms with Gasteiger partial charge in [0.15, 0.2) is 11.6 Å². The maximum absolute atomic E-state index is 15.2. The highest BCUT2D eigenvalue weighted by molar-refractivity contribution is 6.33. The van der Waals surface area contributed by atoms with E-state index in [4.69, 9.17) is 16.3 Å². The van der Waals surface area contributed by atoms with E-state index in [9.17, 15) is 5.11 Å². The van der Waals surface area contributed by atoms with Crippen molar-refractivity contribution in [3.8, 4) is 23.0 Å². The van der Waals surface area contributed by atoms with Crippen molar-refractivity contribution < 1.29 is 14.2 Å². The van der Waals surface area contributed by atoms with E-state index in [0.29, 0.717) is 53.6 Å². The van der Waals surface area contributed by atoms with Crippen molar-refractivity contribution in [3.05, 3.63) is 35.6 Å². The monoisotopic (exact) mass is 431 g/mol. The highest BCUT2D eigenvalue weighted by Crippen LogP contribution is 2.41. The van der Waals surface area contributed by atoms with Crippen LogP contribution >= 0.6 is 11.6 Å². The number of H-pyrrole nitrogens is 1. The average Bonchev–Trinajstić information content (AvgIpc) is 3.50. The number of hydrogen-bond acceptors (Lipinski definition) is 6. The standard InChI is InChI=1S/C19H19ClFN7O2/c1-26-15-11(7-12(30-2)13(20)14(15)21)16(28-6-4-22-9-28)17(26)18-23-19(25-24-18)27-5-3-10(29)8-27/h4,6-7,9-10,29H,3,5,8H2,1-2H3,(H,23,24,25). The molecule has 3 aromatic heterocycles. The molecule has 9 nitrogen and oxygen atoms in total. The fourth-order valence-electron chi connectivity index (χ4n) is 4.00. The Morgan fingerprint density at radius 3 is 2.90 bits per heavy atom. The number of halogens is 2. The molecular weight excluding hydrogens is 413 g/mol. The molecule has 0 amide bonds. The highest BCUT2D eigenvalue weighted by Gasteiger charge is 2.28. The van der Waals surface area contributed by atoms with Gasteiger partial charge in [0.2, 0.25) is 5.95 Å². The summed E-state index contributed by atoms with van der Waals surface area (Å²) in [6, 6.07) is 1.70. The van der Waals surface area contributed by atoms with Gasteiger partial charge in [0.25, 0.3) is 0 Å². The molecule has 1 aliphatic heterocycles. The van der Waals surface area contributed by atoms with Gasteiger partial charge in [-0.3, -0.25) is 5.10 Å². The van der Waals surface area contributed by atoms with Crippen LogP contribution in [0.15, 0.2) is 24.8 Å². The number of fused-ring (bicyclic) bond motifs is 1. The number of anilines is 1. The summed E-state index contributed by atoms with van der Waals surface area (Å²) in [5.41, 5.74) is 1.60. The zero-order chi connectivity index (χ0) is 21.0. The molecule has 30 heavy (non-hydrogen) atoms. The molecule has 4 aromatic rings. The number of aromatic amines is 1. The van der Waals surface area contributed by atoms with Crippen molar-refractivity contribution >= 4 is 28.5 Å². The molecule has 0 bridgehead atoms. The quantitative estimate of drug-likeness (QED) is 0.515. The van der Waals surface area contributed by atoms with E-state index in [0.717, 1.165) is 0 Å². The summed E-state index contributed by atoms with van der Waals surface area (Å²) in [6.45, 7) is 1.14. The minimum atomic E-state index is -0.580. The average molecular weight is 432 g/mol. The first-order chi connectivity index (χ1) is 14.5. The second-order valence-electron chi connectivity index (χ2n) is 7.20. The summed E-state index contributed by atoms with van der Waals surface area (Å²) < 4.78 is 24.0. The predicted molar refractivity (Wildman–Crippen MR) is 110 cm³/mol. The highest BCUT2D eigenvalue weighted by atomic mass is 35.5. The normalized spacial score (nSPS) is 16.7. The molecule has 11 heteroatoms. The van der Waals surface area contributed by atoms with Gasteiger partial charge in [-0.2, -0.15) is 4.98 Å². The number of nitrogens with one attached hydrogen (secondary N) is 1. The molecule has 0 spiro atoms. The Labute approximate surface area is 175 Å². The number of β-amino-alcohol motifs (C(OH)–C–C–N with tert-alkyl or cyclic N) is 1. The molecule has 1 atom stereocenters. The van der Waals surface area contributed by atoms with Crippen molar-refractivity contribution in [2.24, 2.45) is 7.05 Å². The van der Waals surface area contributed by atoms with Gasteiger partial charge in [-0.05, 0) is 12.5 Å². The third-order valence-electron chi connectivity index (χ3n) is 5.42. The number of methoxy groups -OCH3 is 1. The number of hydrogen-bond donors (Lipinski definition) is 2. The number of ether oxygens (including phenoxy) is 1. The van der Waals surface area contributed by atoms with Gasteiger partial charge in [-0.25, -0.2) is 9.37 Å². The Bertz CT molecular complexity index is 1230. The lowest BCUT2D eigenvalue weighted by atomic mass is 10.2. The number of nitrogens with zero attached hydrogens (tertiary/aromatic N) is 6. The first kappa shape index (κ1) is 18.9. The summed E-state index contributed by atoms with van der Waals surface area (Å²) >= 11 is 6.18. The lowest BCUT2D eigenvalue weighted by Gasteiger charge is -2.11. The third kappa shape index (κ3) is 2.75. The fourth-order valence-corrected chi connectivity index (χ4v) is 4.22. The largest absolute Gasteiger partial charge is 0.495 e. The fraction of sp³-hybridized carbons (Fsp3) is 0.316. The molecular formula is C19H19ClFN7O2. The molecule has 0 saturated carbocycles. The lowest BCUT2D eigenvalue weighted by molar-refractivity contribution is 0.198. The number of benzene rings is 1. The minimum absolute atomic E-state index is 0.0846.